The maximum Gasteiger partial charge on any atom is 0.324 e. The lowest BCUT2D eigenvalue weighted by molar-refractivity contribution is -0.153. The third kappa shape index (κ3) is 17.5. The third-order valence-corrected chi connectivity index (χ3v) is 14.0. The number of carboxylic acid groups (broad SMARTS) is 1. The number of hydrogen-bond acceptors (Lipinski definition) is 5. The SMILES string of the molecule is CCCCCCCCCCCCCCCCCCCCCCN(C)C(CC=O)(CC/C=C\C[C@@H]1[C@@H](/C=C/C[C@H](O)C2(CC)CCC2)[C@H](O)C[C@H]1Cl)C(=O)O. The van der Waals surface area contributed by atoms with E-state index in [9.17, 15) is 24.9 Å². The Morgan fingerprint density at radius 1 is 0.833 bits per heavy atom. The number of unbranched alkanes of at least 4 members (excludes halogenated alkanes) is 19. The number of aliphatic carboxylic acids is 1. The summed E-state index contributed by atoms with van der Waals surface area (Å²) < 4.78 is 0. The Morgan fingerprint density at radius 3 is 1.80 bits per heavy atom. The molecule has 0 spiro atoms. The van der Waals surface area contributed by atoms with Crippen molar-refractivity contribution in [1.82, 2.24) is 4.90 Å². The van der Waals surface area contributed by atoms with Gasteiger partial charge in [-0.25, -0.2) is 0 Å². The van der Waals surface area contributed by atoms with Gasteiger partial charge >= 0.3 is 5.97 Å². The van der Waals surface area contributed by atoms with Crippen LogP contribution in [0.5, 0.6) is 0 Å². The molecule has 3 N–H and O–H groups in total. The van der Waals surface area contributed by atoms with Crippen molar-refractivity contribution in [2.24, 2.45) is 17.3 Å². The van der Waals surface area contributed by atoms with E-state index in [1.165, 1.54) is 122 Å². The maximum absolute atomic E-state index is 12.6. The van der Waals surface area contributed by atoms with Gasteiger partial charge in [0.05, 0.1) is 12.2 Å². The summed E-state index contributed by atoms with van der Waals surface area (Å²) in [6, 6.07) is 0. The van der Waals surface area contributed by atoms with Crippen molar-refractivity contribution in [3.63, 3.8) is 0 Å². The van der Waals surface area contributed by atoms with E-state index in [-0.39, 0.29) is 35.2 Å². The van der Waals surface area contributed by atoms with Crippen molar-refractivity contribution >= 4 is 23.9 Å². The molecular formula is C47H84ClNO5. The molecule has 6 nitrogen and oxygen atoms in total. The second kappa shape index (κ2) is 29.1. The van der Waals surface area contributed by atoms with E-state index in [0.717, 1.165) is 38.4 Å². The summed E-state index contributed by atoms with van der Waals surface area (Å²) >= 11 is 6.70. The summed E-state index contributed by atoms with van der Waals surface area (Å²) in [4.78, 5) is 26.2. The lowest BCUT2D eigenvalue weighted by Gasteiger charge is -2.45. The molecule has 0 heterocycles. The van der Waals surface area contributed by atoms with Gasteiger partial charge in [-0.05, 0) is 82.7 Å². The van der Waals surface area contributed by atoms with Gasteiger partial charge in [0.15, 0.2) is 0 Å². The van der Waals surface area contributed by atoms with Crippen LogP contribution in [0.3, 0.4) is 0 Å². The molecule has 0 aliphatic heterocycles. The summed E-state index contributed by atoms with van der Waals surface area (Å²) in [6.45, 7) is 5.11. The number of allylic oxidation sites excluding steroid dienone is 2. The highest BCUT2D eigenvalue weighted by Gasteiger charge is 2.43. The second-order valence-electron chi connectivity index (χ2n) is 17.4. The van der Waals surface area contributed by atoms with Crippen LogP contribution in [0.1, 0.15) is 206 Å². The standard InChI is InChI=1S/C47H84ClNO5/c1-4-6-7-8-9-10-11-12-13-14-15-16-17-18-19-20-21-22-23-27-37-49(3)47(36-38-50,45(53)54)35-26-24-25-30-40-41(43(51)39-42(40)48)31-28-32-44(52)46(5-2)33-29-34-46/h24-25,28,31,38,40-44,51-52H,4-23,26-27,29-30,32-37,39H2,1-3H3,(H,53,54)/b25-24-,31-28+/t40-,41-,42-,43-,44+,47?/m1/s1. The monoisotopic (exact) mass is 778 g/mol. The smallest absolute Gasteiger partial charge is 0.324 e. The molecule has 314 valence electrons. The van der Waals surface area contributed by atoms with E-state index in [1.807, 2.05) is 24.1 Å². The number of carbonyl (C=O) groups is 2. The van der Waals surface area contributed by atoms with Gasteiger partial charge in [-0.3, -0.25) is 9.69 Å². The second-order valence-corrected chi connectivity index (χ2v) is 18.0. The van der Waals surface area contributed by atoms with Crippen molar-refractivity contribution in [3.8, 4) is 0 Å². The van der Waals surface area contributed by atoms with Crippen LogP contribution in [0.15, 0.2) is 24.3 Å². The molecule has 2 aliphatic carbocycles. The molecule has 2 rings (SSSR count). The number of likely N-dealkylation sites (N-methyl/N-ethyl adjacent to an activating group) is 1. The van der Waals surface area contributed by atoms with Crippen LogP contribution < -0.4 is 0 Å². The number of aldehydes is 1. The number of hydrogen-bond donors (Lipinski definition) is 3. The number of halogens is 1. The molecule has 2 aliphatic rings. The number of carboxylic acids is 1. The van der Waals surface area contributed by atoms with Gasteiger partial charge in [-0.1, -0.05) is 167 Å². The number of aliphatic hydroxyl groups is 2. The predicted molar refractivity (Wildman–Crippen MR) is 228 cm³/mol. The van der Waals surface area contributed by atoms with E-state index >= 15 is 0 Å². The summed E-state index contributed by atoms with van der Waals surface area (Å²) in [5.74, 6) is -0.916. The Kier molecular flexibility index (Phi) is 26.3. The topological polar surface area (TPSA) is 98.1 Å². The zero-order valence-corrected chi connectivity index (χ0v) is 35.9. The average Bonchev–Trinajstić information content (AvgIpc) is 3.40. The number of alkyl halides is 1. The molecule has 0 radical (unpaired) electrons. The Labute approximate surface area is 337 Å². The van der Waals surface area contributed by atoms with E-state index in [4.69, 9.17) is 11.6 Å². The molecule has 0 aromatic rings. The molecule has 1 unspecified atom stereocenters. The molecule has 2 saturated carbocycles. The summed E-state index contributed by atoms with van der Waals surface area (Å²) in [7, 11) is 1.86. The van der Waals surface area contributed by atoms with E-state index in [0.29, 0.717) is 38.6 Å². The fourth-order valence-electron chi connectivity index (χ4n) is 9.29. The predicted octanol–water partition coefficient (Wildman–Crippen LogP) is 12.4. The number of carbonyl (C=O) groups excluding carboxylic acids is 1. The minimum atomic E-state index is -1.21. The Balaban J connectivity index is 1.62. The van der Waals surface area contributed by atoms with Crippen LogP contribution in [-0.2, 0) is 9.59 Å². The highest BCUT2D eigenvalue weighted by Crippen LogP contribution is 2.48. The minimum Gasteiger partial charge on any atom is -0.480 e. The van der Waals surface area contributed by atoms with Crippen LogP contribution >= 0.6 is 11.6 Å². The van der Waals surface area contributed by atoms with Crippen LogP contribution in [0.2, 0.25) is 0 Å². The first-order valence-electron chi connectivity index (χ1n) is 22.9. The Hall–Kier alpha value is -1.21. The normalized spacial score (nSPS) is 22.9. The largest absolute Gasteiger partial charge is 0.480 e. The fraction of sp³-hybridized carbons (Fsp3) is 0.872. The van der Waals surface area contributed by atoms with Gasteiger partial charge in [0, 0.05) is 17.7 Å². The Bertz CT molecular complexity index is 1020. The summed E-state index contributed by atoms with van der Waals surface area (Å²) in [5, 5.41) is 31.8. The first kappa shape index (κ1) is 48.9. The van der Waals surface area contributed by atoms with Crippen LogP contribution in [0.4, 0.5) is 0 Å². The molecule has 0 saturated heterocycles. The minimum absolute atomic E-state index is 0.0253. The summed E-state index contributed by atoms with van der Waals surface area (Å²) in [5.41, 5.74) is -1.15. The first-order valence-corrected chi connectivity index (χ1v) is 23.3. The van der Waals surface area contributed by atoms with Gasteiger partial charge in [0.1, 0.15) is 11.8 Å². The van der Waals surface area contributed by atoms with Gasteiger partial charge in [-0.15, -0.1) is 11.6 Å². The lowest BCUT2D eigenvalue weighted by atomic mass is 9.63. The van der Waals surface area contributed by atoms with Gasteiger partial charge in [0.2, 0.25) is 0 Å². The molecule has 0 amide bonds. The van der Waals surface area contributed by atoms with E-state index < -0.39 is 17.6 Å². The molecule has 6 atom stereocenters. The third-order valence-electron chi connectivity index (χ3n) is 13.5. The van der Waals surface area contributed by atoms with Crippen molar-refractivity contribution in [2.45, 2.75) is 230 Å². The maximum atomic E-state index is 12.6. The highest BCUT2D eigenvalue weighted by molar-refractivity contribution is 6.21. The van der Waals surface area contributed by atoms with Crippen LogP contribution in [-0.4, -0.2) is 69.2 Å². The zero-order valence-electron chi connectivity index (χ0n) is 35.2. The molecule has 0 bridgehead atoms. The zero-order chi connectivity index (χ0) is 39.5. The van der Waals surface area contributed by atoms with Crippen LogP contribution in [0.25, 0.3) is 0 Å². The average molecular weight is 779 g/mol. The number of nitrogens with zero attached hydrogens (tertiary/aromatic N) is 1. The van der Waals surface area contributed by atoms with E-state index in [1.54, 1.807) is 0 Å². The number of aliphatic hydroxyl groups excluding tert-OH is 2. The quantitative estimate of drug-likeness (QED) is 0.0257. The number of rotatable bonds is 35. The molecule has 7 heteroatoms. The highest BCUT2D eigenvalue weighted by atomic mass is 35.5. The fourth-order valence-corrected chi connectivity index (χ4v) is 9.74. The lowest BCUT2D eigenvalue weighted by Crippen LogP contribution is -2.53. The summed E-state index contributed by atoms with van der Waals surface area (Å²) in [6.07, 6.45) is 41.9. The molecule has 0 aromatic heterocycles. The molecular weight excluding hydrogens is 694 g/mol. The van der Waals surface area contributed by atoms with Gasteiger partial charge in [0.25, 0.3) is 0 Å². The van der Waals surface area contributed by atoms with Crippen LogP contribution in [0, 0.1) is 17.3 Å². The Morgan fingerprint density at radius 2 is 1.35 bits per heavy atom. The van der Waals surface area contributed by atoms with Crippen molar-refractivity contribution in [1.29, 1.82) is 0 Å². The first-order chi connectivity index (χ1) is 26.2. The van der Waals surface area contributed by atoms with Crippen molar-refractivity contribution in [3.05, 3.63) is 24.3 Å². The molecule has 0 aromatic carbocycles. The van der Waals surface area contributed by atoms with E-state index in [2.05, 4.69) is 26.0 Å². The van der Waals surface area contributed by atoms with Crippen molar-refractivity contribution in [2.75, 3.05) is 13.6 Å². The molecule has 54 heavy (non-hydrogen) atoms. The van der Waals surface area contributed by atoms with Crippen molar-refractivity contribution < 1.29 is 24.9 Å². The van der Waals surface area contributed by atoms with Gasteiger partial charge in [-0.2, -0.15) is 0 Å². The molecule has 2 fully saturated rings. The van der Waals surface area contributed by atoms with Gasteiger partial charge < -0.3 is 20.1 Å².